The number of alkyl halides is 1. The van der Waals surface area contributed by atoms with Gasteiger partial charge in [0.25, 0.3) is 0 Å². The molecule has 1 aromatic rings. The van der Waals surface area contributed by atoms with Crippen LogP contribution in [0.4, 0.5) is 0 Å². The van der Waals surface area contributed by atoms with E-state index < -0.39 is 11.4 Å². The average molecular weight is 281 g/mol. The molecule has 1 aliphatic rings. The molecule has 1 aromatic carbocycles. The highest BCUT2D eigenvalue weighted by molar-refractivity contribution is 9.09. The summed E-state index contributed by atoms with van der Waals surface area (Å²) in [7, 11) is 0. The fraction of sp³-hybridized carbons (Fsp3) is 0.308. The van der Waals surface area contributed by atoms with Gasteiger partial charge in [0.05, 0.1) is 5.41 Å². The molecule has 1 fully saturated rings. The standard InChI is InChI=1S/C13H13BrO2/c14-9-3-5-10-4-1-2-6-11(10)13(7-8-13)12(15)16/h1-6H,7-9H2,(H,15,16). The van der Waals surface area contributed by atoms with Gasteiger partial charge in [-0.2, -0.15) is 0 Å². The van der Waals surface area contributed by atoms with Crippen LogP contribution in [0.2, 0.25) is 0 Å². The normalized spacial score (nSPS) is 17.6. The summed E-state index contributed by atoms with van der Waals surface area (Å²) in [6.07, 6.45) is 5.47. The number of carbonyl (C=O) groups is 1. The molecule has 2 nitrogen and oxygen atoms in total. The zero-order chi connectivity index (χ0) is 11.6. The van der Waals surface area contributed by atoms with Gasteiger partial charge in [0, 0.05) is 5.33 Å². The van der Waals surface area contributed by atoms with Gasteiger partial charge in [0.15, 0.2) is 0 Å². The molecule has 0 atom stereocenters. The Hall–Kier alpha value is -1.09. The zero-order valence-corrected chi connectivity index (χ0v) is 10.4. The van der Waals surface area contributed by atoms with Crippen LogP contribution in [0, 0.1) is 0 Å². The fourth-order valence-corrected chi connectivity index (χ4v) is 2.16. The van der Waals surface area contributed by atoms with Crippen molar-refractivity contribution in [2.24, 2.45) is 0 Å². The Labute approximate surface area is 103 Å². The molecule has 0 aromatic heterocycles. The van der Waals surface area contributed by atoms with Crippen LogP contribution in [-0.2, 0) is 10.2 Å². The van der Waals surface area contributed by atoms with Gasteiger partial charge in [-0.3, -0.25) is 4.79 Å². The molecule has 1 saturated carbocycles. The van der Waals surface area contributed by atoms with Gasteiger partial charge < -0.3 is 5.11 Å². The van der Waals surface area contributed by atoms with Gasteiger partial charge in [-0.05, 0) is 24.0 Å². The van der Waals surface area contributed by atoms with Crippen molar-refractivity contribution in [1.29, 1.82) is 0 Å². The Balaban J connectivity index is 2.41. The molecule has 84 valence electrons. The molecule has 0 saturated heterocycles. The molecule has 0 radical (unpaired) electrons. The molecular weight excluding hydrogens is 268 g/mol. The molecule has 2 rings (SSSR count). The van der Waals surface area contributed by atoms with Gasteiger partial charge in [0.1, 0.15) is 0 Å². The summed E-state index contributed by atoms with van der Waals surface area (Å²) >= 11 is 3.32. The monoisotopic (exact) mass is 280 g/mol. The molecule has 0 bridgehead atoms. The number of carboxylic acids is 1. The first kappa shape index (κ1) is 11.4. The van der Waals surface area contributed by atoms with Crippen LogP contribution in [0.25, 0.3) is 6.08 Å². The first-order valence-electron chi connectivity index (χ1n) is 5.26. The van der Waals surface area contributed by atoms with E-state index in [4.69, 9.17) is 0 Å². The maximum atomic E-state index is 11.3. The van der Waals surface area contributed by atoms with Crippen molar-refractivity contribution in [3.63, 3.8) is 0 Å². The summed E-state index contributed by atoms with van der Waals surface area (Å²) in [5.74, 6) is -0.702. The van der Waals surface area contributed by atoms with E-state index in [1.807, 2.05) is 36.4 Å². The predicted molar refractivity (Wildman–Crippen MR) is 67.8 cm³/mol. The molecule has 1 aliphatic carbocycles. The molecule has 0 heterocycles. The van der Waals surface area contributed by atoms with E-state index in [-0.39, 0.29) is 0 Å². The van der Waals surface area contributed by atoms with Crippen LogP contribution in [0.1, 0.15) is 24.0 Å². The van der Waals surface area contributed by atoms with E-state index in [2.05, 4.69) is 15.9 Å². The number of hydrogen-bond donors (Lipinski definition) is 1. The minimum Gasteiger partial charge on any atom is -0.481 e. The topological polar surface area (TPSA) is 37.3 Å². The van der Waals surface area contributed by atoms with Gasteiger partial charge >= 0.3 is 5.97 Å². The van der Waals surface area contributed by atoms with Crippen molar-refractivity contribution in [2.45, 2.75) is 18.3 Å². The highest BCUT2D eigenvalue weighted by Crippen LogP contribution is 2.49. The molecule has 16 heavy (non-hydrogen) atoms. The Morgan fingerprint density at radius 1 is 1.44 bits per heavy atom. The molecule has 0 unspecified atom stereocenters. The number of hydrogen-bond acceptors (Lipinski definition) is 1. The van der Waals surface area contributed by atoms with E-state index >= 15 is 0 Å². The van der Waals surface area contributed by atoms with Crippen molar-refractivity contribution in [2.75, 3.05) is 5.33 Å². The summed E-state index contributed by atoms with van der Waals surface area (Å²) in [5.41, 5.74) is 1.34. The SMILES string of the molecule is O=C(O)C1(c2ccccc2C=CCBr)CC1. The van der Waals surface area contributed by atoms with Gasteiger partial charge in [-0.25, -0.2) is 0 Å². The third kappa shape index (κ3) is 1.92. The Kier molecular flexibility index (Phi) is 3.15. The smallest absolute Gasteiger partial charge is 0.314 e. The van der Waals surface area contributed by atoms with Gasteiger partial charge in [-0.15, -0.1) is 0 Å². The Bertz CT molecular complexity index is 433. The first-order chi connectivity index (χ1) is 7.70. The minimum atomic E-state index is -0.702. The average Bonchev–Trinajstić information content (AvgIpc) is 3.08. The number of aliphatic carboxylic acids is 1. The van der Waals surface area contributed by atoms with Crippen LogP contribution in [0.15, 0.2) is 30.3 Å². The van der Waals surface area contributed by atoms with E-state index in [9.17, 15) is 9.90 Å². The number of allylic oxidation sites excluding steroid dienone is 1. The van der Waals surface area contributed by atoms with Crippen LogP contribution >= 0.6 is 15.9 Å². The summed E-state index contributed by atoms with van der Waals surface area (Å²) in [6, 6.07) is 7.74. The maximum absolute atomic E-state index is 11.3. The minimum absolute atomic E-state index is 0.618. The lowest BCUT2D eigenvalue weighted by molar-refractivity contribution is -0.140. The van der Waals surface area contributed by atoms with E-state index in [1.54, 1.807) is 0 Å². The maximum Gasteiger partial charge on any atom is 0.314 e. The van der Waals surface area contributed by atoms with Crippen molar-refractivity contribution >= 4 is 28.0 Å². The molecule has 0 amide bonds. The molecule has 3 heteroatoms. The first-order valence-corrected chi connectivity index (χ1v) is 6.38. The van der Waals surface area contributed by atoms with Crippen molar-refractivity contribution in [3.05, 3.63) is 41.5 Å². The Morgan fingerprint density at radius 3 is 2.69 bits per heavy atom. The summed E-state index contributed by atoms with van der Waals surface area (Å²) in [5, 5.41) is 10.1. The van der Waals surface area contributed by atoms with Crippen molar-refractivity contribution in [1.82, 2.24) is 0 Å². The Morgan fingerprint density at radius 2 is 2.12 bits per heavy atom. The van der Waals surface area contributed by atoms with Gasteiger partial charge in [-0.1, -0.05) is 52.3 Å². The van der Waals surface area contributed by atoms with Crippen molar-refractivity contribution < 1.29 is 9.90 Å². The van der Waals surface area contributed by atoms with Crippen LogP contribution in [0.5, 0.6) is 0 Å². The highest BCUT2D eigenvalue weighted by atomic mass is 79.9. The lowest BCUT2D eigenvalue weighted by Gasteiger charge is -2.13. The number of rotatable bonds is 4. The number of benzene rings is 1. The number of halogens is 1. The second-order valence-corrected chi connectivity index (χ2v) is 4.68. The lowest BCUT2D eigenvalue weighted by Crippen LogP contribution is -2.20. The fourth-order valence-electron chi connectivity index (χ4n) is 1.97. The van der Waals surface area contributed by atoms with E-state index in [1.165, 1.54) is 0 Å². The third-order valence-electron chi connectivity index (χ3n) is 3.02. The van der Waals surface area contributed by atoms with Crippen molar-refractivity contribution in [3.8, 4) is 0 Å². The summed E-state index contributed by atoms with van der Waals surface area (Å²) in [6.45, 7) is 0. The van der Waals surface area contributed by atoms with E-state index in [0.29, 0.717) is 0 Å². The van der Waals surface area contributed by atoms with Crippen LogP contribution in [-0.4, -0.2) is 16.4 Å². The molecule has 0 aliphatic heterocycles. The largest absolute Gasteiger partial charge is 0.481 e. The second-order valence-electron chi connectivity index (χ2n) is 4.03. The van der Waals surface area contributed by atoms with E-state index in [0.717, 1.165) is 29.3 Å². The summed E-state index contributed by atoms with van der Waals surface area (Å²) < 4.78 is 0. The second kappa shape index (κ2) is 4.42. The highest BCUT2D eigenvalue weighted by Gasteiger charge is 2.52. The predicted octanol–water partition coefficient (Wildman–Crippen LogP) is 3.21. The number of carboxylic acid groups (broad SMARTS) is 1. The third-order valence-corrected chi connectivity index (χ3v) is 3.40. The zero-order valence-electron chi connectivity index (χ0n) is 8.82. The van der Waals surface area contributed by atoms with Gasteiger partial charge in [0.2, 0.25) is 0 Å². The molecule has 1 N–H and O–H groups in total. The lowest BCUT2D eigenvalue weighted by atomic mass is 9.91. The molecule has 0 spiro atoms. The van der Waals surface area contributed by atoms with Crippen LogP contribution < -0.4 is 0 Å². The quantitative estimate of drug-likeness (QED) is 0.860. The molecular formula is C13H13BrO2. The summed E-state index contributed by atoms with van der Waals surface area (Å²) in [4.78, 5) is 11.3. The van der Waals surface area contributed by atoms with Crippen LogP contribution in [0.3, 0.4) is 0 Å².